The van der Waals surface area contributed by atoms with Gasteiger partial charge in [0.2, 0.25) is 17.8 Å². The van der Waals surface area contributed by atoms with Crippen molar-refractivity contribution in [3.05, 3.63) is 59.9 Å². The second kappa shape index (κ2) is 13.5. The van der Waals surface area contributed by atoms with Crippen molar-refractivity contribution >= 4 is 34.4 Å². The topological polar surface area (TPSA) is 123 Å². The van der Waals surface area contributed by atoms with Crippen LogP contribution >= 0.6 is 0 Å². The van der Waals surface area contributed by atoms with Crippen LogP contribution in [-0.2, 0) is 16.0 Å². The molecule has 3 aromatic rings. The average molecular weight is 545 g/mol. The number of hydrogen-bond donors (Lipinski definition) is 2. The van der Waals surface area contributed by atoms with Crippen LogP contribution in [0.25, 0.3) is 11.0 Å². The van der Waals surface area contributed by atoms with Crippen LogP contribution < -0.4 is 15.4 Å². The number of nitrogens with zero attached hydrogens (tertiary/aromatic N) is 4. The smallest absolute Gasteiger partial charge is 0.247 e. The molecule has 0 radical (unpaired) electrons. The Kier molecular flexibility index (Phi) is 9.62. The highest BCUT2D eigenvalue weighted by Gasteiger charge is 2.29. The molecule has 210 valence electrons. The maximum atomic E-state index is 13.4. The summed E-state index contributed by atoms with van der Waals surface area (Å²) in [4.78, 5) is 34.2. The fourth-order valence-electron chi connectivity index (χ4n) is 4.78. The van der Waals surface area contributed by atoms with Gasteiger partial charge in [-0.25, -0.2) is 4.99 Å². The zero-order valence-electron chi connectivity index (χ0n) is 23.3. The lowest BCUT2D eigenvalue weighted by atomic mass is 10.1. The third-order valence-electron chi connectivity index (χ3n) is 6.98. The van der Waals surface area contributed by atoms with Crippen molar-refractivity contribution in [3.63, 3.8) is 0 Å². The lowest BCUT2D eigenvalue weighted by Gasteiger charge is -2.25. The van der Waals surface area contributed by atoms with E-state index < -0.39 is 6.04 Å². The van der Waals surface area contributed by atoms with Crippen molar-refractivity contribution in [2.45, 2.75) is 45.1 Å². The van der Waals surface area contributed by atoms with E-state index in [4.69, 9.17) is 9.15 Å². The van der Waals surface area contributed by atoms with Gasteiger partial charge in [-0.15, -0.1) is 0 Å². The number of guanidine groups is 1. The highest BCUT2D eigenvalue weighted by Crippen LogP contribution is 2.23. The summed E-state index contributed by atoms with van der Waals surface area (Å²) < 4.78 is 10.8. The summed E-state index contributed by atoms with van der Waals surface area (Å²) in [5.41, 5.74) is 2.65. The summed E-state index contributed by atoms with van der Waals surface area (Å²) in [6.45, 7) is 2.98. The number of aryl methyl sites for hydroxylation is 2. The molecule has 10 nitrogen and oxygen atoms in total. The van der Waals surface area contributed by atoms with E-state index in [0.29, 0.717) is 25.2 Å². The molecular formula is C30H36N6O4. The summed E-state index contributed by atoms with van der Waals surface area (Å²) >= 11 is 0. The maximum Gasteiger partial charge on any atom is 0.247 e. The molecule has 0 bridgehead atoms. The number of aliphatic imine (C=N–C) groups is 1. The first kappa shape index (κ1) is 28.5. The van der Waals surface area contributed by atoms with Crippen molar-refractivity contribution in [1.29, 1.82) is 5.26 Å². The molecule has 1 aliphatic heterocycles. The quantitative estimate of drug-likeness (QED) is 0.180. The molecule has 1 fully saturated rings. The number of nitriles is 1. The van der Waals surface area contributed by atoms with Crippen molar-refractivity contribution in [2.75, 3.05) is 39.1 Å². The minimum Gasteiger partial charge on any atom is -0.497 e. The third-order valence-corrected chi connectivity index (χ3v) is 6.98. The van der Waals surface area contributed by atoms with E-state index in [9.17, 15) is 14.9 Å². The lowest BCUT2D eigenvalue weighted by molar-refractivity contribution is -0.140. The molecule has 1 saturated heterocycles. The van der Waals surface area contributed by atoms with Crippen LogP contribution in [-0.4, -0.2) is 67.4 Å². The van der Waals surface area contributed by atoms with E-state index in [0.717, 1.165) is 48.2 Å². The van der Waals surface area contributed by atoms with Crippen LogP contribution in [0.5, 0.6) is 5.75 Å². The van der Waals surface area contributed by atoms with Gasteiger partial charge >= 0.3 is 0 Å². The molecule has 0 saturated carbocycles. The Labute approximate surface area is 234 Å². The van der Waals surface area contributed by atoms with E-state index in [1.54, 1.807) is 24.0 Å². The summed E-state index contributed by atoms with van der Waals surface area (Å²) in [6, 6.07) is 14.7. The molecule has 1 aromatic heterocycles. The Morgan fingerprint density at radius 2 is 2.02 bits per heavy atom. The number of nitrogens with one attached hydrogen (secondary N) is 2. The van der Waals surface area contributed by atoms with E-state index in [1.807, 2.05) is 61.6 Å². The number of furan rings is 1. The van der Waals surface area contributed by atoms with Gasteiger partial charge in [0.25, 0.3) is 0 Å². The lowest BCUT2D eigenvalue weighted by Crippen LogP contribution is -2.45. The number of likely N-dealkylation sites (tertiary alicyclic amines) is 1. The number of ether oxygens (including phenoxy) is 1. The molecule has 2 aromatic carbocycles. The van der Waals surface area contributed by atoms with Gasteiger partial charge < -0.3 is 24.3 Å². The minimum atomic E-state index is -0.695. The number of likely N-dealkylation sites (N-methyl/N-ethyl adjacent to an activating group) is 1. The van der Waals surface area contributed by atoms with Crippen LogP contribution in [0.3, 0.4) is 0 Å². The molecule has 0 aliphatic carbocycles. The van der Waals surface area contributed by atoms with Gasteiger partial charge in [0.05, 0.1) is 13.7 Å². The molecule has 40 heavy (non-hydrogen) atoms. The summed E-state index contributed by atoms with van der Waals surface area (Å²) in [6.07, 6.45) is 5.67. The predicted octanol–water partition coefficient (Wildman–Crippen LogP) is 4.06. The van der Waals surface area contributed by atoms with Gasteiger partial charge in [0.15, 0.2) is 6.19 Å². The number of amides is 2. The first-order chi connectivity index (χ1) is 19.4. The van der Waals surface area contributed by atoms with Gasteiger partial charge in [-0.2, -0.15) is 5.26 Å². The standard InChI is InChI=1S/C30H36N6O4/c1-21-17-23-18-24(11-14-27(23)40-21)33-30(32-20-31)34-26-8-4-5-16-36(29(26)38)19-28(37)35(2)15-6-7-22-9-12-25(39-3)13-10-22/h9-14,17-18,26H,4-8,15-16,19H2,1-3H3,(H2,32,33,34)/t26-/m0/s1. The molecule has 0 spiro atoms. The number of carbonyl (C=O) groups excluding carboxylic acids is 2. The molecule has 10 heteroatoms. The van der Waals surface area contributed by atoms with E-state index >= 15 is 0 Å². The Balaban J connectivity index is 1.36. The van der Waals surface area contributed by atoms with Crippen LogP contribution in [0.15, 0.2) is 57.9 Å². The average Bonchev–Trinajstić information content (AvgIpc) is 3.24. The Morgan fingerprint density at radius 3 is 2.77 bits per heavy atom. The highest BCUT2D eigenvalue weighted by molar-refractivity contribution is 5.98. The predicted molar refractivity (Wildman–Crippen MR) is 154 cm³/mol. The van der Waals surface area contributed by atoms with Gasteiger partial charge in [0, 0.05) is 31.2 Å². The second-order valence-corrected chi connectivity index (χ2v) is 9.99. The first-order valence-electron chi connectivity index (χ1n) is 13.5. The van der Waals surface area contributed by atoms with Gasteiger partial charge in [0.1, 0.15) is 23.1 Å². The molecule has 4 rings (SSSR count). The molecule has 0 unspecified atom stereocenters. The van der Waals surface area contributed by atoms with Crippen LogP contribution in [0.4, 0.5) is 5.69 Å². The van der Waals surface area contributed by atoms with Crippen LogP contribution in [0, 0.1) is 18.4 Å². The Hall–Kier alpha value is -4.52. The summed E-state index contributed by atoms with van der Waals surface area (Å²) in [7, 11) is 3.41. The number of anilines is 1. The molecule has 2 N–H and O–H groups in total. The molecule has 1 aliphatic rings. The molecule has 2 heterocycles. The monoisotopic (exact) mass is 544 g/mol. The number of rotatable bonds is 9. The van der Waals surface area contributed by atoms with Crippen LogP contribution in [0.1, 0.15) is 37.0 Å². The molecular weight excluding hydrogens is 508 g/mol. The normalized spacial score (nSPS) is 15.8. The van der Waals surface area contributed by atoms with E-state index in [-0.39, 0.29) is 24.3 Å². The van der Waals surface area contributed by atoms with Crippen molar-refractivity contribution < 1.29 is 18.7 Å². The highest BCUT2D eigenvalue weighted by atomic mass is 16.5. The first-order valence-corrected chi connectivity index (χ1v) is 13.5. The molecule has 1 atom stereocenters. The summed E-state index contributed by atoms with van der Waals surface area (Å²) in [5, 5.41) is 15.9. The second-order valence-electron chi connectivity index (χ2n) is 9.99. The number of benzene rings is 2. The van der Waals surface area contributed by atoms with Crippen molar-refractivity contribution in [1.82, 2.24) is 15.1 Å². The van der Waals surface area contributed by atoms with Crippen molar-refractivity contribution in [3.8, 4) is 11.9 Å². The Morgan fingerprint density at radius 1 is 1.23 bits per heavy atom. The number of fused-ring (bicyclic) bond motifs is 1. The van der Waals surface area contributed by atoms with E-state index in [2.05, 4.69) is 15.6 Å². The van der Waals surface area contributed by atoms with E-state index in [1.165, 1.54) is 5.56 Å². The zero-order chi connectivity index (χ0) is 28.5. The third kappa shape index (κ3) is 7.53. The van der Waals surface area contributed by atoms with Crippen LogP contribution in [0.2, 0.25) is 0 Å². The van der Waals surface area contributed by atoms with Gasteiger partial charge in [-0.3, -0.25) is 14.9 Å². The number of methoxy groups -OCH3 is 1. The SMILES string of the molecule is COc1ccc(CCCN(C)C(=O)CN2CCCC[C@H](N=C(NC#N)Nc3ccc4oc(C)cc4c3)C2=O)cc1. The van der Waals surface area contributed by atoms with Gasteiger partial charge in [-0.05, 0) is 81.0 Å². The number of carbonyl (C=O) groups is 2. The summed E-state index contributed by atoms with van der Waals surface area (Å²) in [5.74, 6) is 1.49. The minimum absolute atomic E-state index is 0.00877. The fraction of sp³-hybridized carbons (Fsp3) is 0.400. The van der Waals surface area contributed by atoms with Crippen molar-refractivity contribution in [2.24, 2.45) is 4.99 Å². The molecule has 2 amide bonds. The fourth-order valence-corrected chi connectivity index (χ4v) is 4.78. The van der Waals surface area contributed by atoms with Gasteiger partial charge in [-0.1, -0.05) is 12.1 Å². The largest absolute Gasteiger partial charge is 0.497 e. The maximum absolute atomic E-state index is 13.4. The Bertz CT molecular complexity index is 1390. The number of hydrogen-bond acceptors (Lipinski definition) is 6. The zero-order valence-corrected chi connectivity index (χ0v) is 23.3.